The minimum Gasteiger partial charge on any atom is -0.382 e. The van der Waals surface area contributed by atoms with Crippen LogP contribution in [0.2, 0.25) is 0 Å². The summed E-state index contributed by atoms with van der Waals surface area (Å²) in [5, 5.41) is 9.44. The molecule has 0 bridgehead atoms. The second-order valence-electron chi connectivity index (χ2n) is 4.71. The number of hydrogen-bond acceptors (Lipinski definition) is 3. The zero-order valence-corrected chi connectivity index (χ0v) is 11.3. The van der Waals surface area contributed by atoms with Crippen LogP contribution in [0.15, 0.2) is 24.3 Å². The SMILES string of the molecule is Cc1ccc(C(C)NC(=O)c2c(N)n[nH]c2C)cc1. The number of aromatic nitrogens is 2. The van der Waals surface area contributed by atoms with Gasteiger partial charge in [0.1, 0.15) is 5.56 Å². The van der Waals surface area contributed by atoms with E-state index in [1.807, 2.05) is 38.1 Å². The van der Waals surface area contributed by atoms with Crippen molar-refractivity contribution in [3.05, 3.63) is 46.6 Å². The Hall–Kier alpha value is -2.30. The number of amides is 1. The molecule has 5 nitrogen and oxygen atoms in total. The van der Waals surface area contributed by atoms with Crippen molar-refractivity contribution in [2.45, 2.75) is 26.8 Å². The number of nitrogens with two attached hydrogens (primary N) is 1. The minimum absolute atomic E-state index is 0.0817. The van der Waals surface area contributed by atoms with Crippen LogP contribution in [0.1, 0.15) is 40.1 Å². The number of carbonyl (C=O) groups excluding carboxylic acids is 1. The number of anilines is 1. The van der Waals surface area contributed by atoms with Crippen molar-refractivity contribution < 1.29 is 4.79 Å². The lowest BCUT2D eigenvalue weighted by Crippen LogP contribution is -2.27. The number of aromatic amines is 1. The molecular weight excluding hydrogens is 240 g/mol. The van der Waals surface area contributed by atoms with Crippen LogP contribution in [0.25, 0.3) is 0 Å². The molecule has 0 aliphatic rings. The third kappa shape index (κ3) is 2.76. The lowest BCUT2D eigenvalue weighted by molar-refractivity contribution is 0.0940. The Morgan fingerprint density at radius 2 is 1.95 bits per heavy atom. The van der Waals surface area contributed by atoms with Crippen LogP contribution in [0.3, 0.4) is 0 Å². The predicted molar refractivity (Wildman–Crippen MR) is 74.8 cm³/mol. The number of rotatable bonds is 3. The monoisotopic (exact) mass is 258 g/mol. The van der Waals surface area contributed by atoms with E-state index in [0.717, 1.165) is 5.56 Å². The maximum Gasteiger partial charge on any atom is 0.257 e. The maximum absolute atomic E-state index is 12.1. The molecule has 5 heteroatoms. The lowest BCUT2D eigenvalue weighted by atomic mass is 10.1. The van der Waals surface area contributed by atoms with E-state index in [9.17, 15) is 4.79 Å². The molecule has 0 fully saturated rings. The van der Waals surface area contributed by atoms with Gasteiger partial charge in [0, 0.05) is 5.69 Å². The second kappa shape index (κ2) is 5.14. The van der Waals surface area contributed by atoms with Crippen LogP contribution in [-0.4, -0.2) is 16.1 Å². The zero-order valence-electron chi connectivity index (χ0n) is 11.3. The molecule has 0 saturated carbocycles. The van der Waals surface area contributed by atoms with E-state index >= 15 is 0 Å². The summed E-state index contributed by atoms with van der Waals surface area (Å²) in [6, 6.07) is 7.98. The topological polar surface area (TPSA) is 83.8 Å². The molecular formula is C14H18N4O. The number of carbonyl (C=O) groups is 1. The molecule has 1 atom stereocenters. The minimum atomic E-state index is -0.211. The molecule has 2 aromatic rings. The molecule has 1 unspecified atom stereocenters. The molecule has 100 valence electrons. The van der Waals surface area contributed by atoms with Gasteiger partial charge in [0.2, 0.25) is 0 Å². The summed E-state index contributed by atoms with van der Waals surface area (Å²) in [5.74, 6) is 0.0166. The fraction of sp³-hybridized carbons (Fsp3) is 0.286. The molecule has 0 aliphatic heterocycles. The van der Waals surface area contributed by atoms with Gasteiger partial charge in [-0.2, -0.15) is 5.10 Å². The van der Waals surface area contributed by atoms with E-state index in [-0.39, 0.29) is 17.8 Å². The molecule has 19 heavy (non-hydrogen) atoms. The number of benzene rings is 1. The van der Waals surface area contributed by atoms with Gasteiger partial charge in [0.15, 0.2) is 5.82 Å². The summed E-state index contributed by atoms with van der Waals surface area (Å²) in [4.78, 5) is 12.1. The fourth-order valence-corrected chi connectivity index (χ4v) is 1.94. The van der Waals surface area contributed by atoms with Crippen molar-refractivity contribution in [1.82, 2.24) is 15.5 Å². The Balaban J connectivity index is 2.13. The second-order valence-corrected chi connectivity index (χ2v) is 4.71. The quantitative estimate of drug-likeness (QED) is 0.788. The summed E-state index contributed by atoms with van der Waals surface area (Å²) in [5.41, 5.74) is 9.01. The van der Waals surface area contributed by atoms with E-state index in [4.69, 9.17) is 5.73 Å². The number of H-pyrrole nitrogens is 1. The normalized spacial score (nSPS) is 12.2. The maximum atomic E-state index is 12.1. The predicted octanol–water partition coefficient (Wildman–Crippen LogP) is 2.10. The van der Waals surface area contributed by atoms with Gasteiger partial charge in [-0.25, -0.2) is 0 Å². The Morgan fingerprint density at radius 1 is 1.32 bits per heavy atom. The summed E-state index contributed by atoms with van der Waals surface area (Å²) < 4.78 is 0. The first-order chi connectivity index (χ1) is 8.99. The third-order valence-electron chi connectivity index (χ3n) is 3.13. The summed E-state index contributed by atoms with van der Waals surface area (Å²) >= 11 is 0. The van der Waals surface area contributed by atoms with Gasteiger partial charge in [-0.1, -0.05) is 29.8 Å². The zero-order chi connectivity index (χ0) is 14.0. The smallest absolute Gasteiger partial charge is 0.257 e. The molecule has 1 heterocycles. The Bertz CT molecular complexity index is 566. The molecule has 4 N–H and O–H groups in total. The average molecular weight is 258 g/mol. The Kier molecular flexibility index (Phi) is 3.55. The van der Waals surface area contributed by atoms with E-state index in [1.165, 1.54) is 5.56 Å². The lowest BCUT2D eigenvalue weighted by Gasteiger charge is -2.14. The van der Waals surface area contributed by atoms with Crippen molar-refractivity contribution in [2.75, 3.05) is 5.73 Å². The highest BCUT2D eigenvalue weighted by atomic mass is 16.1. The first-order valence-corrected chi connectivity index (χ1v) is 6.17. The number of nitrogens with one attached hydrogen (secondary N) is 2. The number of nitrogen functional groups attached to an aromatic ring is 1. The number of nitrogens with zero attached hydrogens (tertiary/aromatic N) is 1. The summed E-state index contributed by atoms with van der Waals surface area (Å²) in [6.45, 7) is 5.74. The van der Waals surface area contributed by atoms with E-state index in [1.54, 1.807) is 6.92 Å². The van der Waals surface area contributed by atoms with Gasteiger partial charge in [-0.15, -0.1) is 0 Å². The summed E-state index contributed by atoms with van der Waals surface area (Å²) in [6.07, 6.45) is 0. The molecule has 0 aliphatic carbocycles. The van der Waals surface area contributed by atoms with Gasteiger partial charge in [-0.3, -0.25) is 9.89 Å². The van der Waals surface area contributed by atoms with Crippen molar-refractivity contribution in [3.63, 3.8) is 0 Å². The van der Waals surface area contributed by atoms with Crippen LogP contribution < -0.4 is 11.1 Å². The van der Waals surface area contributed by atoms with E-state index in [2.05, 4.69) is 15.5 Å². The van der Waals surface area contributed by atoms with Crippen molar-refractivity contribution >= 4 is 11.7 Å². The van der Waals surface area contributed by atoms with Gasteiger partial charge in [-0.05, 0) is 26.3 Å². The van der Waals surface area contributed by atoms with Gasteiger partial charge >= 0.3 is 0 Å². The average Bonchev–Trinajstić information content (AvgIpc) is 2.69. The molecule has 1 aromatic carbocycles. The molecule has 1 aromatic heterocycles. The van der Waals surface area contributed by atoms with Crippen LogP contribution in [0.4, 0.5) is 5.82 Å². The van der Waals surface area contributed by atoms with Gasteiger partial charge in [0.05, 0.1) is 6.04 Å². The molecule has 2 rings (SSSR count). The van der Waals surface area contributed by atoms with E-state index in [0.29, 0.717) is 11.3 Å². The van der Waals surface area contributed by atoms with Crippen LogP contribution >= 0.6 is 0 Å². The highest BCUT2D eigenvalue weighted by molar-refractivity contribution is 5.99. The molecule has 0 saturated heterocycles. The van der Waals surface area contributed by atoms with Crippen LogP contribution in [0.5, 0.6) is 0 Å². The standard InChI is InChI=1S/C14H18N4O/c1-8-4-6-11(7-5-8)9(2)16-14(19)12-10(3)17-18-13(12)15/h4-7,9H,1-3H3,(H,16,19)(H3,15,17,18). The Labute approximate surface area is 112 Å². The number of aryl methyl sites for hydroxylation is 2. The molecule has 0 radical (unpaired) electrons. The van der Waals surface area contributed by atoms with Crippen molar-refractivity contribution in [2.24, 2.45) is 0 Å². The van der Waals surface area contributed by atoms with Crippen LogP contribution in [0, 0.1) is 13.8 Å². The Morgan fingerprint density at radius 3 is 2.47 bits per heavy atom. The molecule has 1 amide bonds. The summed E-state index contributed by atoms with van der Waals surface area (Å²) in [7, 11) is 0. The first kappa shape index (κ1) is 13.1. The fourth-order valence-electron chi connectivity index (χ4n) is 1.94. The third-order valence-corrected chi connectivity index (χ3v) is 3.13. The van der Waals surface area contributed by atoms with Gasteiger partial charge in [0.25, 0.3) is 5.91 Å². The van der Waals surface area contributed by atoms with Gasteiger partial charge < -0.3 is 11.1 Å². The molecule has 0 spiro atoms. The van der Waals surface area contributed by atoms with E-state index < -0.39 is 0 Å². The number of hydrogen-bond donors (Lipinski definition) is 3. The van der Waals surface area contributed by atoms with Crippen LogP contribution in [-0.2, 0) is 0 Å². The van der Waals surface area contributed by atoms with Crippen molar-refractivity contribution in [3.8, 4) is 0 Å². The highest BCUT2D eigenvalue weighted by Gasteiger charge is 2.18. The first-order valence-electron chi connectivity index (χ1n) is 6.17. The highest BCUT2D eigenvalue weighted by Crippen LogP contribution is 2.17. The van der Waals surface area contributed by atoms with Crippen molar-refractivity contribution in [1.29, 1.82) is 0 Å². The largest absolute Gasteiger partial charge is 0.382 e.